The van der Waals surface area contributed by atoms with E-state index in [0.29, 0.717) is 0 Å². The fourth-order valence-electron chi connectivity index (χ4n) is 0.766. The summed E-state index contributed by atoms with van der Waals surface area (Å²) in [5.74, 6) is 0. The maximum atomic E-state index is 5.68. The summed E-state index contributed by atoms with van der Waals surface area (Å²) in [7, 11) is 0. The van der Waals surface area contributed by atoms with Gasteiger partial charge in [-0.3, -0.25) is 0 Å². The predicted molar refractivity (Wildman–Crippen MR) is 51.3 cm³/mol. The summed E-state index contributed by atoms with van der Waals surface area (Å²) in [6.45, 7) is 1.95. The molecule has 1 nitrogen and oxygen atoms in total. The Morgan fingerprint density at radius 1 is 1.27 bits per heavy atom. The first-order chi connectivity index (χ1) is 4.70. The Morgan fingerprint density at radius 3 is 2.09 bits per heavy atom. The molecule has 3 heteroatoms. The summed E-state index contributed by atoms with van der Waals surface area (Å²) >= 11 is 5.68. The molecule has 62 valence electrons. The zero-order valence-corrected chi connectivity index (χ0v) is 7.82. The van der Waals surface area contributed by atoms with Gasteiger partial charge in [0.2, 0.25) is 0 Å². The van der Waals surface area contributed by atoms with Crippen molar-refractivity contribution in [2.75, 3.05) is 0 Å². The molecule has 0 aromatic heterocycles. The van der Waals surface area contributed by atoms with Crippen LogP contribution in [0.15, 0.2) is 24.3 Å². The van der Waals surface area contributed by atoms with Crippen LogP contribution in [0.2, 0.25) is 5.02 Å². The van der Waals surface area contributed by atoms with Gasteiger partial charge in [-0.2, -0.15) is 0 Å². The van der Waals surface area contributed by atoms with Crippen molar-refractivity contribution in [3.8, 4) is 0 Å². The Labute approximate surface area is 78.0 Å². The van der Waals surface area contributed by atoms with Crippen molar-refractivity contribution < 1.29 is 0 Å². The van der Waals surface area contributed by atoms with Crippen LogP contribution < -0.4 is 5.73 Å². The smallest absolute Gasteiger partial charge is 0.0406 e. The van der Waals surface area contributed by atoms with E-state index < -0.39 is 0 Å². The van der Waals surface area contributed by atoms with Crippen LogP contribution in [0.1, 0.15) is 18.5 Å². The van der Waals surface area contributed by atoms with Crippen LogP contribution in [-0.2, 0) is 0 Å². The summed E-state index contributed by atoms with van der Waals surface area (Å²) in [4.78, 5) is 0. The van der Waals surface area contributed by atoms with Gasteiger partial charge in [-0.05, 0) is 24.6 Å². The molecule has 0 amide bonds. The van der Waals surface area contributed by atoms with E-state index in [4.69, 9.17) is 17.3 Å². The third-order valence-corrected chi connectivity index (χ3v) is 1.65. The first-order valence-corrected chi connectivity index (χ1v) is 3.59. The highest BCUT2D eigenvalue weighted by Gasteiger charge is 1.96. The molecule has 0 heterocycles. The molecule has 0 saturated heterocycles. The first-order valence-electron chi connectivity index (χ1n) is 3.21. The molecule has 1 rings (SSSR count). The van der Waals surface area contributed by atoms with E-state index in [1.807, 2.05) is 31.2 Å². The topological polar surface area (TPSA) is 26.0 Å². The lowest BCUT2D eigenvalue weighted by atomic mass is 10.1. The highest BCUT2D eigenvalue weighted by Crippen LogP contribution is 2.13. The standard InChI is InChI=1S/C8H10ClN.ClH/c1-6(10)7-2-4-8(9)5-3-7;/h2-6H,10H2,1H3;1H/t6-;/m1./s1. The SMILES string of the molecule is C[C@@H](N)c1ccc(Cl)cc1.Cl. The molecule has 2 N–H and O–H groups in total. The second-order valence-electron chi connectivity index (χ2n) is 2.34. The molecule has 11 heavy (non-hydrogen) atoms. The molecule has 0 radical (unpaired) electrons. The lowest BCUT2D eigenvalue weighted by Crippen LogP contribution is -2.03. The van der Waals surface area contributed by atoms with Gasteiger partial charge in [0.15, 0.2) is 0 Å². The molecule has 1 atom stereocenters. The van der Waals surface area contributed by atoms with Crippen LogP contribution in [0.5, 0.6) is 0 Å². The van der Waals surface area contributed by atoms with Gasteiger partial charge < -0.3 is 5.73 Å². The molecular weight excluding hydrogens is 181 g/mol. The lowest BCUT2D eigenvalue weighted by molar-refractivity contribution is 0.818. The van der Waals surface area contributed by atoms with E-state index in [0.717, 1.165) is 10.6 Å². The van der Waals surface area contributed by atoms with Gasteiger partial charge in [-0.15, -0.1) is 12.4 Å². The predicted octanol–water partition coefficient (Wildman–Crippen LogP) is 2.78. The van der Waals surface area contributed by atoms with Crippen LogP contribution in [0.25, 0.3) is 0 Å². The molecule has 0 bridgehead atoms. The second kappa shape index (κ2) is 4.60. The monoisotopic (exact) mass is 191 g/mol. The van der Waals surface area contributed by atoms with Crippen molar-refractivity contribution in [2.45, 2.75) is 13.0 Å². The van der Waals surface area contributed by atoms with Gasteiger partial charge in [-0.1, -0.05) is 23.7 Å². The second-order valence-corrected chi connectivity index (χ2v) is 2.78. The van der Waals surface area contributed by atoms with E-state index >= 15 is 0 Å². The van der Waals surface area contributed by atoms with Crippen LogP contribution in [0, 0.1) is 0 Å². The van der Waals surface area contributed by atoms with E-state index in [2.05, 4.69) is 0 Å². The fourth-order valence-corrected chi connectivity index (χ4v) is 0.892. The van der Waals surface area contributed by atoms with Gasteiger partial charge in [0.1, 0.15) is 0 Å². The lowest BCUT2D eigenvalue weighted by Gasteiger charge is -2.03. The molecule has 0 unspecified atom stereocenters. The molecule has 0 aliphatic carbocycles. The Morgan fingerprint density at radius 2 is 1.73 bits per heavy atom. The summed E-state index contributed by atoms with van der Waals surface area (Å²) in [6, 6.07) is 7.66. The zero-order valence-electron chi connectivity index (χ0n) is 6.25. The van der Waals surface area contributed by atoms with Crippen LogP contribution in [0.3, 0.4) is 0 Å². The average molecular weight is 192 g/mol. The first kappa shape index (κ1) is 10.8. The van der Waals surface area contributed by atoms with Gasteiger partial charge in [-0.25, -0.2) is 0 Å². The Balaban J connectivity index is 0.000001000. The van der Waals surface area contributed by atoms with Crippen molar-refractivity contribution in [3.63, 3.8) is 0 Å². The number of benzene rings is 1. The third kappa shape index (κ3) is 3.10. The Bertz CT molecular complexity index is 206. The minimum absolute atomic E-state index is 0. The van der Waals surface area contributed by atoms with Crippen molar-refractivity contribution in [1.82, 2.24) is 0 Å². The van der Waals surface area contributed by atoms with Gasteiger partial charge >= 0.3 is 0 Å². The molecule has 0 spiro atoms. The normalized spacial score (nSPS) is 11.9. The maximum Gasteiger partial charge on any atom is 0.0406 e. The molecule has 0 saturated carbocycles. The van der Waals surface area contributed by atoms with Gasteiger partial charge in [0.05, 0.1) is 0 Å². The summed E-state index contributed by atoms with van der Waals surface area (Å²) in [5.41, 5.74) is 6.74. The molecule has 0 fully saturated rings. The summed E-state index contributed by atoms with van der Waals surface area (Å²) < 4.78 is 0. The van der Waals surface area contributed by atoms with E-state index in [1.54, 1.807) is 0 Å². The van der Waals surface area contributed by atoms with Crippen molar-refractivity contribution >= 4 is 24.0 Å². The zero-order chi connectivity index (χ0) is 7.56. The van der Waals surface area contributed by atoms with E-state index in [1.165, 1.54) is 0 Å². The fraction of sp³-hybridized carbons (Fsp3) is 0.250. The number of halogens is 2. The molecule has 0 aliphatic heterocycles. The van der Waals surface area contributed by atoms with E-state index in [9.17, 15) is 0 Å². The van der Waals surface area contributed by atoms with Gasteiger partial charge in [0.25, 0.3) is 0 Å². The minimum atomic E-state index is 0. The van der Waals surface area contributed by atoms with Crippen LogP contribution in [-0.4, -0.2) is 0 Å². The number of hydrogen-bond acceptors (Lipinski definition) is 1. The number of rotatable bonds is 1. The highest BCUT2D eigenvalue weighted by atomic mass is 35.5. The van der Waals surface area contributed by atoms with E-state index in [-0.39, 0.29) is 18.4 Å². The third-order valence-electron chi connectivity index (χ3n) is 1.40. The van der Waals surface area contributed by atoms with Crippen LogP contribution >= 0.6 is 24.0 Å². The van der Waals surface area contributed by atoms with Crippen molar-refractivity contribution in [1.29, 1.82) is 0 Å². The van der Waals surface area contributed by atoms with Crippen molar-refractivity contribution in [3.05, 3.63) is 34.9 Å². The quantitative estimate of drug-likeness (QED) is 0.727. The summed E-state index contributed by atoms with van der Waals surface area (Å²) in [5, 5.41) is 0.754. The molecule has 0 aliphatic rings. The highest BCUT2D eigenvalue weighted by molar-refractivity contribution is 6.30. The molecule has 1 aromatic carbocycles. The maximum absolute atomic E-state index is 5.68. The number of nitrogens with two attached hydrogens (primary N) is 1. The molecule has 1 aromatic rings. The van der Waals surface area contributed by atoms with Gasteiger partial charge in [0, 0.05) is 11.1 Å². The minimum Gasteiger partial charge on any atom is -0.324 e. The largest absolute Gasteiger partial charge is 0.324 e. The number of hydrogen-bond donors (Lipinski definition) is 1. The Hall–Kier alpha value is -0.240. The van der Waals surface area contributed by atoms with Crippen molar-refractivity contribution in [2.24, 2.45) is 5.73 Å². The van der Waals surface area contributed by atoms with Crippen LogP contribution in [0.4, 0.5) is 0 Å². The summed E-state index contributed by atoms with van der Waals surface area (Å²) in [6.07, 6.45) is 0. The average Bonchev–Trinajstić information content (AvgIpc) is 1.88. The Kier molecular flexibility index (Phi) is 4.50. The molecular formula is C8H11Cl2N.